The third-order valence-corrected chi connectivity index (χ3v) is 2.52. The van der Waals surface area contributed by atoms with Gasteiger partial charge < -0.3 is 0 Å². The van der Waals surface area contributed by atoms with Gasteiger partial charge in [-0.15, -0.1) is 5.47 Å². The lowest BCUT2D eigenvalue weighted by Crippen LogP contribution is -2.30. The van der Waals surface area contributed by atoms with Crippen LogP contribution >= 0.6 is 0 Å². The van der Waals surface area contributed by atoms with E-state index in [1.165, 1.54) is 26.1 Å². The summed E-state index contributed by atoms with van der Waals surface area (Å²) in [5.41, 5.74) is 1.65. The minimum atomic E-state index is 0.758. The quantitative estimate of drug-likeness (QED) is 0.545. The number of hydrogen-bond acceptors (Lipinski definition) is 1. The van der Waals surface area contributed by atoms with Crippen LogP contribution in [0.2, 0.25) is 13.6 Å². The average Bonchev–Trinajstić information content (AvgIpc) is 2.05. The van der Waals surface area contributed by atoms with Crippen LogP contribution in [0.15, 0.2) is 11.5 Å². The molecule has 0 amide bonds. The summed E-state index contributed by atoms with van der Waals surface area (Å²) in [6.45, 7) is 11.2. The van der Waals surface area contributed by atoms with Gasteiger partial charge in [0.25, 0.3) is 0 Å². The van der Waals surface area contributed by atoms with E-state index in [0.717, 1.165) is 6.71 Å². The standard InChI is InChI=1S/C9H18BN/c1-4-11-7-5-9(6-8-11)10(2)3/h5H,4,6-8H2,1-3H3. The van der Waals surface area contributed by atoms with Crippen molar-refractivity contribution in [3.05, 3.63) is 11.5 Å². The van der Waals surface area contributed by atoms with E-state index in [1.54, 1.807) is 5.47 Å². The first-order valence-corrected chi connectivity index (χ1v) is 4.65. The van der Waals surface area contributed by atoms with Crippen LogP contribution in [0.3, 0.4) is 0 Å². The second kappa shape index (κ2) is 3.96. The molecule has 2 heteroatoms. The Kier molecular flexibility index (Phi) is 3.19. The van der Waals surface area contributed by atoms with Crippen LogP contribution in [0.25, 0.3) is 0 Å². The van der Waals surface area contributed by atoms with Gasteiger partial charge in [-0.05, 0) is 13.0 Å². The minimum Gasteiger partial charge on any atom is -0.300 e. The SMILES string of the molecule is CCN1CC=C(B(C)C)CC1. The van der Waals surface area contributed by atoms with Gasteiger partial charge in [0.1, 0.15) is 0 Å². The van der Waals surface area contributed by atoms with Crippen molar-refractivity contribution in [2.24, 2.45) is 0 Å². The first kappa shape index (κ1) is 8.86. The largest absolute Gasteiger partial charge is 0.300 e. The molecule has 1 nitrogen and oxygen atoms in total. The highest BCUT2D eigenvalue weighted by Gasteiger charge is 2.12. The molecule has 0 N–H and O–H groups in total. The molecule has 0 saturated heterocycles. The number of hydrogen-bond donors (Lipinski definition) is 0. The molecule has 0 aromatic rings. The van der Waals surface area contributed by atoms with Gasteiger partial charge >= 0.3 is 0 Å². The highest BCUT2D eigenvalue weighted by Crippen LogP contribution is 2.12. The van der Waals surface area contributed by atoms with Crippen LogP contribution in [0, 0.1) is 0 Å². The zero-order valence-corrected chi connectivity index (χ0v) is 7.93. The predicted octanol–water partition coefficient (Wildman–Crippen LogP) is 1.93. The molecule has 11 heavy (non-hydrogen) atoms. The molecule has 0 atom stereocenters. The van der Waals surface area contributed by atoms with Gasteiger partial charge in [-0.25, -0.2) is 0 Å². The number of likely N-dealkylation sites (N-methyl/N-ethyl adjacent to an activating group) is 1. The Morgan fingerprint density at radius 2 is 2.27 bits per heavy atom. The van der Waals surface area contributed by atoms with Crippen molar-refractivity contribution in [2.45, 2.75) is 27.0 Å². The second-order valence-corrected chi connectivity index (χ2v) is 3.58. The molecule has 0 aromatic heterocycles. The van der Waals surface area contributed by atoms with Gasteiger partial charge in [0, 0.05) is 13.1 Å². The summed E-state index contributed by atoms with van der Waals surface area (Å²) in [6.07, 6.45) is 3.68. The van der Waals surface area contributed by atoms with Crippen molar-refractivity contribution in [1.29, 1.82) is 0 Å². The monoisotopic (exact) mass is 151 g/mol. The third-order valence-electron chi connectivity index (χ3n) is 2.52. The molecule has 1 aliphatic heterocycles. The number of rotatable bonds is 2. The van der Waals surface area contributed by atoms with Crippen molar-refractivity contribution >= 4 is 6.71 Å². The minimum absolute atomic E-state index is 0.758. The third kappa shape index (κ3) is 2.37. The van der Waals surface area contributed by atoms with Gasteiger partial charge in [-0.3, -0.25) is 4.90 Å². The molecule has 1 heterocycles. The Balaban J connectivity index is 2.44. The zero-order chi connectivity index (χ0) is 8.27. The van der Waals surface area contributed by atoms with Crippen molar-refractivity contribution < 1.29 is 0 Å². The predicted molar refractivity (Wildman–Crippen MR) is 52.3 cm³/mol. The van der Waals surface area contributed by atoms with Crippen LogP contribution in [0.4, 0.5) is 0 Å². The lowest BCUT2D eigenvalue weighted by atomic mass is 9.47. The van der Waals surface area contributed by atoms with Crippen molar-refractivity contribution in [3.8, 4) is 0 Å². The topological polar surface area (TPSA) is 3.24 Å². The lowest BCUT2D eigenvalue weighted by molar-refractivity contribution is 0.313. The molecule has 0 saturated carbocycles. The van der Waals surface area contributed by atoms with Gasteiger partial charge in [0.05, 0.1) is 0 Å². The van der Waals surface area contributed by atoms with Gasteiger partial charge in [-0.1, -0.05) is 26.6 Å². The molecule has 0 fully saturated rings. The van der Waals surface area contributed by atoms with Crippen LogP contribution < -0.4 is 0 Å². The highest BCUT2D eigenvalue weighted by atomic mass is 15.1. The van der Waals surface area contributed by atoms with E-state index in [-0.39, 0.29) is 0 Å². The molecule has 1 rings (SSSR count). The van der Waals surface area contributed by atoms with Crippen LogP contribution in [0.5, 0.6) is 0 Å². The smallest absolute Gasteiger partial charge is 0.163 e. The molecular weight excluding hydrogens is 133 g/mol. The molecular formula is C9H18BN. The van der Waals surface area contributed by atoms with Crippen LogP contribution in [0.1, 0.15) is 13.3 Å². The summed E-state index contributed by atoms with van der Waals surface area (Å²) >= 11 is 0. The molecule has 0 aliphatic carbocycles. The highest BCUT2D eigenvalue weighted by molar-refractivity contribution is 6.64. The lowest BCUT2D eigenvalue weighted by Gasteiger charge is -2.25. The van der Waals surface area contributed by atoms with E-state index >= 15 is 0 Å². The Morgan fingerprint density at radius 3 is 2.64 bits per heavy atom. The first-order valence-electron chi connectivity index (χ1n) is 4.65. The molecule has 0 unspecified atom stereocenters. The van der Waals surface area contributed by atoms with Gasteiger partial charge in [-0.2, -0.15) is 0 Å². The summed E-state index contributed by atoms with van der Waals surface area (Å²) in [4.78, 5) is 2.48. The fourth-order valence-corrected chi connectivity index (χ4v) is 1.54. The van der Waals surface area contributed by atoms with E-state index in [2.05, 4.69) is 31.5 Å². The Hall–Kier alpha value is -0.235. The van der Waals surface area contributed by atoms with Crippen molar-refractivity contribution in [2.75, 3.05) is 19.6 Å². The Morgan fingerprint density at radius 1 is 1.55 bits per heavy atom. The van der Waals surface area contributed by atoms with Gasteiger partial charge in [0.15, 0.2) is 6.71 Å². The van der Waals surface area contributed by atoms with Crippen molar-refractivity contribution in [1.82, 2.24) is 4.90 Å². The maximum Gasteiger partial charge on any atom is 0.163 e. The van der Waals surface area contributed by atoms with E-state index in [9.17, 15) is 0 Å². The summed E-state index contributed by atoms with van der Waals surface area (Å²) in [5, 5.41) is 0. The summed E-state index contributed by atoms with van der Waals surface area (Å²) in [5.74, 6) is 0. The zero-order valence-electron chi connectivity index (χ0n) is 7.93. The fraction of sp³-hybridized carbons (Fsp3) is 0.778. The van der Waals surface area contributed by atoms with Crippen molar-refractivity contribution in [3.63, 3.8) is 0 Å². The maximum absolute atomic E-state index is 2.48. The fourth-order valence-electron chi connectivity index (χ4n) is 1.54. The van der Waals surface area contributed by atoms with E-state index in [1.807, 2.05) is 0 Å². The molecule has 0 aromatic carbocycles. The average molecular weight is 151 g/mol. The Labute approximate surface area is 70.5 Å². The number of nitrogens with zero attached hydrogens (tertiary/aromatic N) is 1. The molecule has 62 valence electrons. The van der Waals surface area contributed by atoms with Crippen LogP contribution in [-0.2, 0) is 0 Å². The summed E-state index contributed by atoms with van der Waals surface area (Å²) in [6, 6.07) is 0. The molecule has 0 radical (unpaired) electrons. The maximum atomic E-state index is 2.48. The molecule has 1 aliphatic rings. The van der Waals surface area contributed by atoms with Crippen LogP contribution in [-0.4, -0.2) is 31.2 Å². The van der Waals surface area contributed by atoms with E-state index in [4.69, 9.17) is 0 Å². The first-order chi connectivity index (χ1) is 5.24. The normalized spacial score (nSPS) is 19.7. The molecule has 0 spiro atoms. The second-order valence-electron chi connectivity index (χ2n) is 3.58. The summed E-state index contributed by atoms with van der Waals surface area (Å²) < 4.78 is 0. The van der Waals surface area contributed by atoms with E-state index in [0.29, 0.717) is 0 Å². The molecule has 0 bridgehead atoms. The Bertz CT molecular complexity index is 152. The van der Waals surface area contributed by atoms with Gasteiger partial charge in [0.2, 0.25) is 0 Å². The summed E-state index contributed by atoms with van der Waals surface area (Å²) in [7, 11) is 0. The van der Waals surface area contributed by atoms with E-state index < -0.39 is 0 Å².